The molecule has 0 radical (unpaired) electrons. The molecule has 0 saturated heterocycles. The van der Waals surface area contributed by atoms with E-state index in [1.807, 2.05) is 11.4 Å². The van der Waals surface area contributed by atoms with Crippen LogP contribution in [0.4, 0.5) is 0 Å². The molecule has 0 fully saturated rings. The largest absolute Gasteiger partial charge is 0.395 e. The highest BCUT2D eigenvalue weighted by atomic mass is 32.1. The molecule has 2 aromatic heterocycles. The highest BCUT2D eigenvalue weighted by Crippen LogP contribution is 2.15. The molecule has 0 bridgehead atoms. The zero-order valence-electron chi connectivity index (χ0n) is 11.0. The number of thiophene rings is 1. The Bertz CT molecular complexity index is 624. The van der Waals surface area contributed by atoms with Gasteiger partial charge in [-0.3, -0.25) is 4.79 Å². The van der Waals surface area contributed by atoms with Crippen LogP contribution in [-0.2, 0) is 6.54 Å². The number of aliphatic hydroxyl groups is 1. The fraction of sp³-hybridized carbons (Fsp3) is 0.308. The summed E-state index contributed by atoms with van der Waals surface area (Å²) in [7, 11) is 1.71. The third-order valence-corrected chi connectivity index (χ3v) is 3.40. The van der Waals surface area contributed by atoms with E-state index < -0.39 is 0 Å². The highest BCUT2D eigenvalue weighted by molar-refractivity contribution is 7.10. The molecule has 0 aliphatic heterocycles. The van der Waals surface area contributed by atoms with Crippen LogP contribution in [0.2, 0.25) is 0 Å². The topological polar surface area (TPSA) is 82.1 Å². The van der Waals surface area contributed by atoms with E-state index in [0.29, 0.717) is 18.7 Å². The van der Waals surface area contributed by atoms with Gasteiger partial charge in [-0.25, -0.2) is 0 Å². The summed E-state index contributed by atoms with van der Waals surface area (Å²) in [6.45, 7) is 0.560. The zero-order valence-corrected chi connectivity index (χ0v) is 11.8. The monoisotopic (exact) mass is 290 g/mol. The van der Waals surface area contributed by atoms with E-state index in [-0.39, 0.29) is 12.5 Å². The molecule has 0 spiro atoms. The number of hydrogen-bond donors (Lipinski definition) is 2. The number of aliphatic hydroxyl groups excluding tert-OH is 1. The number of hydrogen-bond acceptors (Lipinski definition) is 5. The van der Waals surface area contributed by atoms with Crippen LogP contribution in [0.1, 0.15) is 27.3 Å². The molecule has 2 rings (SSSR count). The Morgan fingerprint density at radius 3 is 3.15 bits per heavy atom. The first-order valence-electron chi connectivity index (χ1n) is 5.99. The maximum atomic E-state index is 12.0. The summed E-state index contributed by atoms with van der Waals surface area (Å²) in [5.41, 5.74) is 1.31. The van der Waals surface area contributed by atoms with E-state index in [2.05, 4.69) is 27.3 Å². The molecule has 0 aliphatic carbocycles. The van der Waals surface area contributed by atoms with Crippen molar-refractivity contribution in [3.05, 3.63) is 33.8 Å². The van der Waals surface area contributed by atoms with Gasteiger partial charge in [0.2, 0.25) is 0 Å². The van der Waals surface area contributed by atoms with Gasteiger partial charge in [-0.15, -0.1) is 11.3 Å². The molecule has 0 unspecified atom stereocenters. The SMILES string of the molecule is CN(Cc1csc(C#CCCO)c1)C(=O)c1cn[nH]n1. The average molecular weight is 290 g/mol. The number of amides is 1. The second-order valence-electron chi connectivity index (χ2n) is 4.11. The number of nitrogens with one attached hydrogen (secondary N) is 1. The first-order chi connectivity index (χ1) is 9.70. The first kappa shape index (κ1) is 14.2. The van der Waals surface area contributed by atoms with Crippen LogP contribution < -0.4 is 0 Å². The standard InChI is InChI=1S/C13H14N4O2S/c1-17(13(19)12-7-14-16-15-12)8-10-6-11(20-9-10)4-2-3-5-18/h6-7,9,18H,3,5,8H2,1H3,(H,14,15,16). The minimum atomic E-state index is -0.183. The molecule has 0 aliphatic rings. The number of aromatic amines is 1. The van der Waals surface area contributed by atoms with Crippen molar-refractivity contribution in [1.82, 2.24) is 20.3 Å². The Labute approximate surface area is 120 Å². The van der Waals surface area contributed by atoms with Crippen molar-refractivity contribution in [2.24, 2.45) is 0 Å². The van der Waals surface area contributed by atoms with Gasteiger partial charge >= 0.3 is 0 Å². The Kier molecular flexibility index (Phi) is 4.87. The second kappa shape index (κ2) is 6.84. The summed E-state index contributed by atoms with van der Waals surface area (Å²) in [5.74, 6) is 5.66. The number of carbonyl (C=O) groups is 1. The number of H-pyrrole nitrogens is 1. The molecule has 2 heterocycles. The zero-order chi connectivity index (χ0) is 14.4. The van der Waals surface area contributed by atoms with Crippen LogP contribution in [0, 0.1) is 11.8 Å². The van der Waals surface area contributed by atoms with E-state index in [0.717, 1.165) is 10.4 Å². The Balaban J connectivity index is 1.97. The highest BCUT2D eigenvalue weighted by Gasteiger charge is 2.14. The fourth-order valence-corrected chi connectivity index (χ4v) is 2.35. The molecule has 2 N–H and O–H groups in total. The molecular formula is C13H14N4O2S. The predicted octanol–water partition coefficient (Wildman–Crippen LogP) is 0.872. The van der Waals surface area contributed by atoms with Crippen molar-refractivity contribution in [1.29, 1.82) is 0 Å². The average Bonchev–Trinajstić information content (AvgIpc) is 3.09. The van der Waals surface area contributed by atoms with Gasteiger partial charge in [0.15, 0.2) is 5.69 Å². The summed E-state index contributed by atoms with van der Waals surface area (Å²) in [4.78, 5) is 14.5. The normalized spacial score (nSPS) is 9.90. The van der Waals surface area contributed by atoms with E-state index in [9.17, 15) is 4.79 Å². The smallest absolute Gasteiger partial charge is 0.276 e. The van der Waals surface area contributed by atoms with E-state index in [1.54, 1.807) is 11.9 Å². The van der Waals surface area contributed by atoms with Crippen molar-refractivity contribution < 1.29 is 9.90 Å². The van der Waals surface area contributed by atoms with E-state index >= 15 is 0 Å². The van der Waals surface area contributed by atoms with Gasteiger partial charge in [0.05, 0.1) is 17.7 Å². The Hall–Kier alpha value is -2.17. The van der Waals surface area contributed by atoms with E-state index in [1.165, 1.54) is 17.5 Å². The van der Waals surface area contributed by atoms with Crippen LogP contribution in [-0.4, -0.2) is 45.0 Å². The molecule has 6 nitrogen and oxygen atoms in total. The molecule has 7 heteroatoms. The summed E-state index contributed by atoms with van der Waals surface area (Å²) in [5, 5.41) is 20.4. The molecule has 0 aromatic carbocycles. The lowest BCUT2D eigenvalue weighted by Gasteiger charge is -2.14. The Morgan fingerprint density at radius 1 is 1.60 bits per heavy atom. The van der Waals surface area contributed by atoms with Gasteiger partial charge in [-0.05, 0) is 17.0 Å². The lowest BCUT2D eigenvalue weighted by molar-refractivity contribution is 0.0779. The summed E-state index contributed by atoms with van der Waals surface area (Å²) in [6, 6.07) is 1.95. The number of nitrogens with zero attached hydrogens (tertiary/aromatic N) is 3. The van der Waals surface area contributed by atoms with Crippen molar-refractivity contribution in [3.8, 4) is 11.8 Å². The maximum Gasteiger partial charge on any atom is 0.276 e. The lowest BCUT2D eigenvalue weighted by atomic mass is 10.2. The van der Waals surface area contributed by atoms with Crippen molar-refractivity contribution in [2.45, 2.75) is 13.0 Å². The summed E-state index contributed by atoms with van der Waals surface area (Å²) >= 11 is 1.52. The van der Waals surface area contributed by atoms with Crippen LogP contribution in [0.25, 0.3) is 0 Å². The van der Waals surface area contributed by atoms with Crippen LogP contribution in [0.5, 0.6) is 0 Å². The minimum absolute atomic E-state index is 0.0696. The van der Waals surface area contributed by atoms with Crippen molar-refractivity contribution in [3.63, 3.8) is 0 Å². The minimum Gasteiger partial charge on any atom is -0.395 e. The van der Waals surface area contributed by atoms with Gasteiger partial charge < -0.3 is 10.0 Å². The van der Waals surface area contributed by atoms with Crippen molar-refractivity contribution >= 4 is 17.2 Å². The number of aromatic nitrogens is 3. The quantitative estimate of drug-likeness (QED) is 0.819. The summed E-state index contributed by atoms with van der Waals surface area (Å²) in [6.07, 6.45) is 1.87. The molecule has 1 amide bonds. The van der Waals surface area contributed by atoms with Crippen LogP contribution in [0.3, 0.4) is 0 Å². The summed E-state index contributed by atoms with van der Waals surface area (Å²) < 4.78 is 0. The Morgan fingerprint density at radius 2 is 2.45 bits per heavy atom. The van der Waals surface area contributed by atoms with Crippen LogP contribution >= 0.6 is 11.3 Å². The maximum absolute atomic E-state index is 12.0. The third-order valence-electron chi connectivity index (χ3n) is 2.50. The molecule has 20 heavy (non-hydrogen) atoms. The number of carbonyl (C=O) groups excluding carboxylic acids is 1. The van der Waals surface area contributed by atoms with Gasteiger partial charge in [-0.1, -0.05) is 11.8 Å². The van der Waals surface area contributed by atoms with Gasteiger partial charge in [0.1, 0.15) is 0 Å². The van der Waals surface area contributed by atoms with Gasteiger partial charge in [-0.2, -0.15) is 15.4 Å². The third kappa shape index (κ3) is 3.66. The van der Waals surface area contributed by atoms with Crippen LogP contribution in [0.15, 0.2) is 17.6 Å². The van der Waals surface area contributed by atoms with Gasteiger partial charge in [0.25, 0.3) is 5.91 Å². The number of rotatable bonds is 4. The molecular weight excluding hydrogens is 276 g/mol. The predicted molar refractivity (Wildman–Crippen MR) is 75.1 cm³/mol. The first-order valence-corrected chi connectivity index (χ1v) is 6.87. The molecule has 0 atom stereocenters. The molecule has 0 saturated carbocycles. The molecule has 104 valence electrons. The second-order valence-corrected chi connectivity index (χ2v) is 5.02. The van der Waals surface area contributed by atoms with Gasteiger partial charge in [0, 0.05) is 20.0 Å². The lowest BCUT2D eigenvalue weighted by Crippen LogP contribution is -2.26. The fourth-order valence-electron chi connectivity index (χ4n) is 1.58. The van der Waals surface area contributed by atoms with E-state index in [4.69, 9.17) is 5.11 Å². The molecule has 2 aromatic rings. The van der Waals surface area contributed by atoms with Crippen molar-refractivity contribution in [2.75, 3.05) is 13.7 Å².